The molecule has 0 aromatic carbocycles. The smallest absolute Gasteiger partial charge is 0.318 e. The van der Waals surface area contributed by atoms with Gasteiger partial charge in [-0.2, -0.15) is 28.5 Å². The number of hydrogen-bond acceptors (Lipinski definition) is 4. The number of anilines is 1. The summed E-state index contributed by atoms with van der Waals surface area (Å²) in [5.41, 5.74) is -0.118. The molecular weight excluding hydrogens is 431 g/mol. The topological polar surface area (TPSA) is 82.6 Å². The average Bonchev–Trinajstić information content (AvgIpc) is 3.27. The Morgan fingerprint density at radius 1 is 1.22 bits per heavy atom. The van der Waals surface area contributed by atoms with Gasteiger partial charge in [-0.25, -0.2) is 0 Å². The van der Waals surface area contributed by atoms with Gasteiger partial charge in [0, 0.05) is 31.5 Å². The van der Waals surface area contributed by atoms with E-state index in [-0.39, 0.29) is 5.69 Å². The number of rotatable bonds is 5. The molecule has 3 heterocycles. The van der Waals surface area contributed by atoms with Gasteiger partial charge in [0.25, 0.3) is 5.91 Å². The van der Waals surface area contributed by atoms with E-state index in [0.29, 0.717) is 16.9 Å². The van der Waals surface area contributed by atoms with Crippen LogP contribution in [0.25, 0.3) is 0 Å². The summed E-state index contributed by atoms with van der Waals surface area (Å²) in [5.74, 6) is -0.772. The van der Waals surface area contributed by atoms with Gasteiger partial charge in [0.15, 0.2) is 11.4 Å². The third-order valence-electron chi connectivity index (χ3n) is 3.72. The molecule has 3 aromatic rings. The standard InChI is InChI=1S/C15H15BrF3N7O/c1-3-25-6-9(4-20-25)7-26-8-10(5-21-26)22-14(27)12-11(16)13(15(17,18)19)24(2)23-12/h4-6,8H,3,7H2,1-2H3,(H,22,27). The van der Waals surface area contributed by atoms with Crippen molar-refractivity contribution in [1.29, 1.82) is 0 Å². The fraction of sp³-hybridized carbons (Fsp3) is 0.333. The lowest BCUT2D eigenvalue weighted by molar-refractivity contribution is -0.144. The number of carbonyl (C=O) groups is 1. The Labute approximate surface area is 160 Å². The summed E-state index contributed by atoms with van der Waals surface area (Å²) >= 11 is 2.82. The van der Waals surface area contributed by atoms with Gasteiger partial charge in [0.1, 0.15) is 0 Å². The summed E-state index contributed by atoms with van der Waals surface area (Å²) in [6.07, 6.45) is 1.94. The van der Waals surface area contributed by atoms with Gasteiger partial charge in [-0.1, -0.05) is 0 Å². The maximum absolute atomic E-state index is 13.0. The van der Waals surface area contributed by atoms with Crippen LogP contribution in [0.1, 0.15) is 28.7 Å². The first-order chi connectivity index (χ1) is 12.7. The fourth-order valence-electron chi connectivity index (χ4n) is 2.50. The molecule has 0 aliphatic carbocycles. The zero-order valence-electron chi connectivity index (χ0n) is 14.3. The minimum Gasteiger partial charge on any atom is -0.318 e. The number of nitrogens with zero attached hydrogens (tertiary/aromatic N) is 6. The molecule has 0 aliphatic rings. The minimum absolute atomic E-state index is 0.342. The first-order valence-electron chi connectivity index (χ1n) is 7.84. The van der Waals surface area contributed by atoms with E-state index in [4.69, 9.17) is 0 Å². The van der Waals surface area contributed by atoms with E-state index in [1.54, 1.807) is 21.8 Å². The highest BCUT2D eigenvalue weighted by molar-refractivity contribution is 9.10. The largest absolute Gasteiger partial charge is 0.434 e. The van der Waals surface area contributed by atoms with Crippen molar-refractivity contribution in [3.63, 3.8) is 0 Å². The lowest BCUT2D eigenvalue weighted by Gasteiger charge is -2.06. The Balaban J connectivity index is 1.73. The van der Waals surface area contributed by atoms with Crippen molar-refractivity contribution in [2.75, 3.05) is 5.32 Å². The van der Waals surface area contributed by atoms with Crippen LogP contribution < -0.4 is 5.32 Å². The Kier molecular flexibility index (Phi) is 5.09. The SMILES string of the molecule is CCn1cc(Cn2cc(NC(=O)c3nn(C)c(C(F)(F)F)c3Br)cn2)cn1. The molecule has 0 aliphatic heterocycles. The molecule has 0 saturated heterocycles. The first kappa shape index (κ1) is 19.1. The molecule has 3 aromatic heterocycles. The lowest BCUT2D eigenvalue weighted by Crippen LogP contribution is -2.13. The molecule has 0 spiro atoms. The van der Waals surface area contributed by atoms with E-state index in [0.717, 1.165) is 19.2 Å². The van der Waals surface area contributed by atoms with E-state index < -0.39 is 22.3 Å². The van der Waals surface area contributed by atoms with Gasteiger partial charge in [-0.05, 0) is 22.9 Å². The zero-order valence-corrected chi connectivity index (χ0v) is 15.9. The van der Waals surface area contributed by atoms with Crippen LogP contribution in [-0.2, 0) is 26.3 Å². The predicted octanol–water partition coefficient (Wildman–Crippen LogP) is 2.91. The second-order valence-corrected chi connectivity index (χ2v) is 6.51. The van der Waals surface area contributed by atoms with Gasteiger partial charge in [0.05, 0.1) is 29.1 Å². The second kappa shape index (κ2) is 7.18. The van der Waals surface area contributed by atoms with Crippen molar-refractivity contribution in [1.82, 2.24) is 29.3 Å². The molecule has 1 N–H and O–H groups in total. The molecule has 3 rings (SSSR count). The number of hydrogen-bond donors (Lipinski definition) is 1. The molecule has 0 unspecified atom stereocenters. The van der Waals surface area contributed by atoms with Crippen LogP contribution in [0.4, 0.5) is 18.9 Å². The second-order valence-electron chi connectivity index (χ2n) is 5.72. The van der Waals surface area contributed by atoms with Crippen LogP contribution in [0.2, 0.25) is 0 Å². The molecule has 0 radical (unpaired) electrons. The lowest BCUT2D eigenvalue weighted by atomic mass is 10.3. The van der Waals surface area contributed by atoms with Gasteiger partial charge >= 0.3 is 6.18 Å². The minimum atomic E-state index is -4.63. The average molecular weight is 446 g/mol. The van der Waals surface area contributed by atoms with Crippen molar-refractivity contribution in [3.8, 4) is 0 Å². The van der Waals surface area contributed by atoms with Crippen LogP contribution >= 0.6 is 15.9 Å². The summed E-state index contributed by atoms with van der Waals surface area (Å²) in [5, 5.41) is 14.4. The summed E-state index contributed by atoms with van der Waals surface area (Å²) < 4.78 is 42.6. The Bertz CT molecular complexity index is 973. The number of nitrogens with one attached hydrogen (secondary N) is 1. The highest BCUT2D eigenvalue weighted by Crippen LogP contribution is 2.36. The number of halogens is 4. The van der Waals surface area contributed by atoms with E-state index >= 15 is 0 Å². The van der Waals surface area contributed by atoms with Crippen molar-refractivity contribution < 1.29 is 18.0 Å². The number of aromatic nitrogens is 6. The predicted molar refractivity (Wildman–Crippen MR) is 93.1 cm³/mol. The number of aryl methyl sites for hydroxylation is 2. The highest BCUT2D eigenvalue weighted by atomic mass is 79.9. The van der Waals surface area contributed by atoms with Gasteiger partial charge in [-0.15, -0.1) is 0 Å². The molecular formula is C15H15BrF3N7O. The molecule has 27 heavy (non-hydrogen) atoms. The number of amides is 1. The fourth-order valence-corrected chi connectivity index (χ4v) is 3.24. The third kappa shape index (κ3) is 4.04. The molecule has 1 amide bonds. The van der Waals surface area contributed by atoms with Crippen molar-refractivity contribution >= 4 is 27.5 Å². The normalized spacial score (nSPS) is 11.8. The molecule has 0 bridgehead atoms. The van der Waals surface area contributed by atoms with Crippen LogP contribution in [0.5, 0.6) is 0 Å². The molecule has 8 nitrogen and oxygen atoms in total. The van der Waals surface area contributed by atoms with Crippen molar-refractivity contribution in [3.05, 3.63) is 46.2 Å². The van der Waals surface area contributed by atoms with Crippen LogP contribution in [0.3, 0.4) is 0 Å². The molecule has 12 heteroatoms. The highest BCUT2D eigenvalue weighted by Gasteiger charge is 2.39. The first-order valence-corrected chi connectivity index (χ1v) is 8.63. The Morgan fingerprint density at radius 2 is 1.93 bits per heavy atom. The van der Waals surface area contributed by atoms with E-state index in [1.165, 1.54) is 6.20 Å². The van der Waals surface area contributed by atoms with Crippen LogP contribution in [0.15, 0.2) is 29.3 Å². The Morgan fingerprint density at radius 3 is 2.52 bits per heavy atom. The molecule has 0 fully saturated rings. The quantitative estimate of drug-likeness (QED) is 0.654. The van der Waals surface area contributed by atoms with E-state index in [9.17, 15) is 18.0 Å². The van der Waals surface area contributed by atoms with E-state index in [1.807, 2.05) is 13.1 Å². The van der Waals surface area contributed by atoms with Gasteiger partial charge < -0.3 is 5.32 Å². The maximum atomic E-state index is 13.0. The summed E-state index contributed by atoms with van der Waals surface area (Å²) in [4.78, 5) is 12.3. The monoisotopic (exact) mass is 445 g/mol. The van der Waals surface area contributed by atoms with Crippen molar-refractivity contribution in [2.24, 2.45) is 7.05 Å². The molecule has 144 valence electrons. The van der Waals surface area contributed by atoms with Crippen LogP contribution in [0, 0.1) is 0 Å². The van der Waals surface area contributed by atoms with Gasteiger partial charge in [-0.3, -0.25) is 18.8 Å². The van der Waals surface area contributed by atoms with Gasteiger partial charge in [0.2, 0.25) is 0 Å². The number of carbonyl (C=O) groups excluding carboxylic acids is 1. The summed E-state index contributed by atoms with van der Waals surface area (Å²) in [6, 6.07) is 0. The zero-order chi connectivity index (χ0) is 19.8. The van der Waals surface area contributed by atoms with E-state index in [2.05, 4.69) is 36.5 Å². The number of alkyl halides is 3. The summed E-state index contributed by atoms with van der Waals surface area (Å²) in [7, 11) is 1.12. The summed E-state index contributed by atoms with van der Waals surface area (Å²) in [6.45, 7) is 3.17. The third-order valence-corrected chi connectivity index (χ3v) is 4.47. The molecule has 0 saturated carbocycles. The molecule has 0 atom stereocenters. The Hall–Kier alpha value is -2.63. The van der Waals surface area contributed by atoms with Crippen LogP contribution in [-0.4, -0.2) is 35.2 Å². The van der Waals surface area contributed by atoms with Crippen molar-refractivity contribution in [2.45, 2.75) is 26.2 Å². The maximum Gasteiger partial charge on any atom is 0.434 e.